The number of nitrogens with two attached hydrogens (primary N) is 1. The lowest BCUT2D eigenvalue weighted by atomic mass is 10.1. The predicted octanol–water partition coefficient (Wildman–Crippen LogP) is 2.72. The average molecular weight is 402 g/mol. The van der Waals surface area contributed by atoms with Crippen molar-refractivity contribution in [3.8, 4) is 0 Å². The summed E-state index contributed by atoms with van der Waals surface area (Å²) in [6, 6.07) is 5.08. The number of nitrogens with one attached hydrogen (secondary N) is 2. The highest BCUT2D eigenvalue weighted by Gasteiger charge is 2.15. The molecular weight excluding hydrogens is 387 g/mol. The van der Waals surface area contributed by atoms with Crippen molar-refractivity contribution in [1.82, 2.24) is 4.98 Å². The maximum Gasteiger partial charge on any atom is 0.260 e. The number of nitrogens with zero attached hydrogens (tertiary/aromatic N) is 1. The minimum atomic E-state index is -0.929. The molecule has 10 heteroatoms. The van der Waals surface area contributed by atoms with Gasteiger partial charge in [-0.15, -0.1) is 11.3 Å². The number of halogens is 1. The second-order valence-corrected chi connectivity index (χ2v) is 6.63. The third kappa shape index (κ3) is 4.41. The Hall–Kier alpha value is -3.53. The fraction of sp³-hybridized carbons (Fsp3) is 0.111. The molecule has 0 aliphatic heterocycles. The van der Waals surface area contributed by atoms with Crippen LogP contribution in [0.25, 0.3) is 0 Å². The monoisotopic (exact) mass is 402 g/mol. The largest absolute Gasteiger partial charge is 0.469 e. The van der Waals surface area contributed by atoms with E-state index in [1.54, 1.807) is 18.4 Å². The van der Waals surface area contributed by atoms with Crippen molar-refractivity contribution in [3.63, 3.8) is 0 Å². The minimum Gasteiger partial charge on any atom is -0.469 e. The Bertz CT molecular complexity index is 1060. The first-order chi connectivity index (χ1) is 13.3. The molecule has 0 fully saturated rings. The molecule has 0 spiro atoms. The molecule has 3 aromatic rings. The molecule has 0 unspecified atom stereocenters. The van der Waals surface area contributed by atoms with E-state index in [9.17, 15) is 18.8 Å². The molecule has 0 atom stereocenters. The van der Waals surface area contributed by atoms with E-state index in [0.29, 0.717) is 22.1 Å². The summed E-state index contributed by atoms with van der Waals surface area (Å²) in [6.07, 6.45) is 1.35. The summed E-state index contributed by atoms with van der Waals surface area (Å²) in [5.74, 6) is -1.99. The summed E-state index contributed by atoms with van der Waals surface area (Å²) >= 11 is 1.17. The van der Waals surface area contributed by atoms with Gasteiger partial charge in [0.15, 0.2) is 5.13 Å². The van der Waals surface area contributed by atoms with Gasteiger partial charge >= 0.3 is 0 Å². The van der Waals surface area contributed by atoms with Gasteiger partial charge in [-0.25, -0.2) is 9.37 Å². The molecule has 0 bridgehead atoms. The van der Waals surface area contributed by atoms with Crippen LogP contribution in [0, 0.1) is 12.7 Å². The molecule has 2 heterocycles. The van der Waals surface area contributed by atoms with Gasteiger partial charge < -0.3 is 15.5 Å². The summed E-state index contributed by atoms with van der Waals surface area (Å²) in [4.78, 5) is 39.6. The van der Waals surface area contributed by atoms with Gasteiger partial charge in [0.1, 0.15) is 11.6 Å². The Labute approximate surface area is 162 Å². The molecule has 1 aromatic carbocycles. The molecule has 28 heavy (non-hydrogen) atoms. The quantitative estimate of drug-likeness (QED) is 0.584. The maximum atomic E-state index is 13.5. The molecule has 0 aliphatic carbocycles. The number of carbonyl (C=O) groups excluding carboxylic acids is 3. The van der Waals surface area contributed by atoms with Gasteiger partial charge in [0.25, 0.3) is 11.8 Å². The molecule has 144 valence electrons. The number of hydrogen-bond donors (Lipinski definition) is 3. The fourth-order valence-electron chi connectivity index (χ4n) is 2.39. The highest BCUT2D eigenvalue weighted by molar-refractivity contribution is 7.14. The number of carbonyl (C=O) groups is 3. The van der Waals surface area contributed by atoms with Crippen molar-refractivity contribution in [1.29, 1.82) is 0 Å². The number of thiazole rings is 1. The van der Waals surface area contributed by atoms with E-state index in [4.69, 9.17) is 10.2 Å². The molecule has 3 rings (SSSR count). The lowest BCUT2D eigenvalue weighted by molar-refractivity contribution is -0.115. The van der Waals surface area contributed by atoms with Crippen LogP contribution < -0.4 is 16.4 Å². The van der Waals surface area contributed by atoms with Crippen LogP contribution in [0.3, 0.4) is 0 Å². The van der Waals surface area contributed by atoms with Crippen LogP contribution >= 0.6 is 11.3 Å². The van der Waals surface area contributed by atoms with E-state index < -0.39 is 17.6 Å². The zero-order chi connectivity index (χ0) is 20.3. The minimum absolute atomic E-state index is 0.0691. The van der Waals surface area contributed by atoms with Crippen LogP contribution in [-0.2, 0) is 11.2 Å². The number of furan rings is 1. The average Bonchev–Trinajstić information content (AvgIpc) is 3.25. The maximum absolute atomic E-state index is 13.5. The predicted molar refractivity (Wildman–Crippen MR) is 101 cm³/mol. The van der Waals surface area contributed by atoms with Gasteiger partial charge in [-0.1, -0.05) is 0 Å². The molecular formula is C18H15FN4O4S. The van der Waals surface area contributed by atoms with E-state index in [-0.39, 0.29) is 23.6 Å². The number of aromatic nitrogens is 1. The van der Waals surface area contributed by atoms with Gasteiger partial charge in [0.05, 0.1) is 29.5 Å². The lowest BCUT2D eigenvalue weighted by Gasteiger charge is -2.06. The normalized spacial score (nSPS) is 10.5. The Morgan fingerprint density at radius 1 is 1.21 bits per heavy atom. The van der Waals surface area contributed by atoms with Crippen LogP contribution in [0.1, 0.15) is 32.2 Å². The Balaban J connectivity index is 1.61. The summed E-state index contributed by atoms with van der Waals surface area (Å²) in [5, 5.41) is 7.16. The number of benzene rings is 1. The van der Waals surface area contributed by atoms with Gasteiger partial charge in [0, 0.05) is 11.1 Å². The molecule has 4 N–H and O–H groups in total. The summed E-state index contributed by atoms with van der Waals surface area (Å²) in [5.41, 5.74) is 5.85. The number of rotatable bonds is 6. The van der Waals surface area contributed by atoms with Crippen molar-refractivity contribution >= 4 is 39.9 Å². The van der Waals surface area contributed by atoms with E-state index in [0.717, 1.165) is 12.1 Å². The topological polar surface area (TPSA) is 127 Å². The van der Waals surface area contributed by atoms with E-state index in [1.165, 1.54) is 23.7 Å². The van der Waals surface area contributed by atoms with Crippen molar-refractivity contribution in [2.24, 2.45) is 5.73 Å². The molecule has 0 radical (unpaired) electrons. The highest BCUT2D eigenvalue weighted by Crippen LogP contribution is 2.19. The van der Waals surface area contributed by atoms with Gasteiger partial charge in [-0.2, -0.15) is 0 Å². The first-order valence-electron chi connectivity index (χ1n) is 8.02. The number of aryl methyl sites for hydroxylation is 1. The number of amides is 3. The molecule has 0 saturated heterocycles. The summed E-state index contributed by atoms with van der Waals surface area (Å²) in [7, 11) is 0. The number of hydrogen-bond acceptors (Lipinski definition) is 6. The molecule has 0 aliphatic rings. The second kappa shape index (κ2) is 8.01. The standard InChI is InChI=1S/C18H15FN4O4S/c1-9-12(4-5-27-9)17(26)23-18-22-11(8-28-18)7-15(24)21-10-2-3-14(19)13(6-10)16(20)25/h2-6,8H,7H2,1H3,(H2,20,25)(H,21,24)(H,22,23,26). The van der Waals surface area contributed by atoms with E-state index >= 15 is 0 Å². The van der Waals surface area contributed by atoms with Crippen LogP contribution in [0.5, 0.6) is 0 Å². The van der Waals surface area contributed by atoms with Crippen LogP contribution in [-0.4, -0.2) is 22.7 Å². The van der Waals surface area contributed by atoms with Gasteiger partial charge in [0.2, 0.25) is 5.91 Å². The zero-order valence-corrected chi connectivity index (χ0v) is 15.4. The molecule has 0 saturated carbocycles. The first kappa shape index (κ1) is 19.2. The smallest absolute Gasteiger partial charge is 0.260 e. The van der Waals surface area contributed by atoms with Crippen molar-refractivity contribution in [3.05, 3.63) is 64.3 Å². The van der Waals surface area contributed by atoms with Crippen LogP contribution in [0.15, 0.2) is 40.3 Å². The Kier molecular flexibility index (Phi) is 5.50. The Morgan fingerprint density at radius 2 is 2.00 bits per heavy atom. The number of primary amides is 1. The van der Waals surface area contributed by atoms with Gasteiger partial charge in [-0.05, 0) is 31.2 Å². The van der Waals surface area contributed by atoms with Crippen LogP contribution in [0.4, 0.5) is 15.2 Å². The summed E-state index contributed by atoms with van der Waals surface area (Å²) < 4.78 is 18.6. The van der Waals surface area contributed by atoms with Crippen molar-refractivity contribution in [2.75, 3.05) is 10.6 Å². The first-order valence-corrected chi connectivity index (χ1v) is 8.90. The van der Waals surface area contributed by atoms with Crippen molar-refractivity contribution in [2.45, 2.75) is 13.3 Å². The SMILES string of the molecule is Cc1occc1C(=O)Nc1nc(CC(=O)Nc2ccc(F)c(C(N)=O)c2)cs1. The third-order valence-corrected chi connectivity index (χ3v) is 4.54. The third-order valence-electron chi connectivity index (χ3n) is 3.73. The summed E-state index contributed by atoms with van der Waals surface area (Å²) in [6.45, 7) is 1.67. The molecule has 3 amide bonds. The van der Waals surface area contributed by atoms with Crippen LogP contribution in [0.2, 0.25) is 0 Å². The lowest BCUT2D eigenvalue weighted by Crippen LogP contribution is -2.17. The second-order valence-electron chi connectivity index (χ2n) is 5.77. The number of anilines is 2. The van der Waals surface area contributed by atoms with E-state index in [2.05, 4.69) is 15.6 Å². The fourth-order valence-corrected chi connectivity index (χ4v) is 3.10. The molecule has 2 aromatic heterocycles. The Morgan fingerprint density at radius 3 is 2.68 bits per heavy atom. The zero-order valence-electron chi connectivity index (χ0n) is 14.6. The molecule has 8 nitrogen and oxygen atoms in total. The van der Waals surface area contributed by atoms with Crippen molar-refractivity contribution < 1.29 is 23.2 Å². The van der Waals surface area contributed by atoms with E-state index in [1.807, 2.05) is 0 Å². The highest BCUT2D eigenvalue weighted by atomic mass is 32.1. The van der Waals surface area contributed by atoms with Gasteiger partial charge in [-0.3, -0.25) is 19.7 Å².